The minimum atomic E-state index is -0.527. The molecule has 0 fully saturated rings. The molecule has 0 aliphatic heterocycles. The van der Waals surface area contributed by atoms with Gasteiger partial charge in [0.05, 0.1) is 11.0 Å². The monoisotopic (exact) mass is 340 g/mol. The maximum atomic E-state index is 11.0. The van der Waals surface area contributed by atoms with Gasteiger partial charge in [-0.3, -0.25) is 14.7 Å². The number of hydrogen-bond donors (Lipinski definition) is 2. The number of hydrogen-bond acceptors (Lipinski definition) is 7. The van der Waals surface area contributed by atoms with Crippen molar-refractivity contribution in [1.29, 1.82) is 0 Å². The molecule has 0 aliphatic rings. The molecule has 1 atom stereocenters. The van der Waals surface area contributed by atoms with Gasteiger partial charge in [-0.1, -0.05) is 12.1 Å². The molecule has 0 amide bonds. The average molecular weight is 340 g/mol. The summed E-state index contributed by atoms with van der Waals surface area (Å²) in [5.74, 6) is 1.46. The Bertz CT molecular complexity index is 893. The molecule has 3 aromatic rings. The Morgan fingerprint density at radius 3 is 2.92 bits per heavy atom. The average Bonchev–Trinajstić information content (AvgIpc) is 3.10. The van der Waals surface area contributed by atoms with Crippen molar-refractivity contribution in [3.05, 3.63) is 59.0 Å². The number of aromatic nitrogens is 4. The number of nitrogens with zero attached hydrogens (tertiary/aromatic N) is 5. The SMILES string of the molecule is C[C@H](O)CNc1nccc(-n2ccnc2-c2cccc([N+](=O)[O-])c2)n1. The molecule has 128 valence electrons. The van der Waals surface area contributed by atoms with Crippen LogP contribution in [0.4, 0.5) is 11.6 Å². The molecule has 0 bridgehead atoms. The lowest BCUT2D eigenvalue weighted by atomic mass is 10.2. The highest BCUT2D eigenvalue weighted by atomic mass is 16.6. The summed E-state index contributed by atoms with van der Waals surface area (Å²) >= 11 is 0. The van der Waals surface area contributed by atoms with Crippen molar-refractivity contribution in [2.45, 2.75) is 13.0 Å². The van der Waals surface area contributed by atoms with Crippen LogP contribution >= 0.6 is 0 Å². The second kappa shape index (κ2) is 7.05. The number of aliphatic hydroxyl groups is 1. The quantitative estimate of drug-likeness (QED) is 0.520. The van der Waals surface area contributed by atoms with Crippen LogP contribution in [0.1, 0.15) is 6.92 Å². The lowest BCUT2D eigenvalue weighted by Gasteiger charge is -2.10. The van der Waals surface area contributed by atoms with Gasteiger partial charge >= 0.3 is 0 Å². The third kappa shape index (κ3) is 3.78. The standard InChI is InChI=1S/C16H16N6O3/c1-11(23)10-19-16-18-6-5-14(20-16)21-8-7-17-15(21)12-3-2-4-13(9-12)22(24)25/h2-9,11,23H,10H2,1H3,(H,18,19,20)/t11-/m0/s1. The van der Waals surface area contributed by atoms with E-state index >= 15 is 0 Å². The van der Waals surface area contributed by atoms with Crippen molar-refractivity contribution in [3.63, 3.8) is 0 Å². The lowest BCUT2D eigenvalue weighted by molar-refractivity contribution is -0.384. The Labute approximate surface area is 143 Å². The fourth-order valence-electron chi connectivity index (χ4n) is 2.27. The Kier molecular flexibility index (Phi) is 4.66. The Morgan fingerprint density at radius 1 is 1.32 bits per heavy atom. The number of nitro benzene ring substituents is 1. The molecule has 2 N–H and O–H groups in total. The van der Waals surface area contributed by atoms with E-state index in [4.69, 9.17) is 0 Å². The number of nitrogens with one attached hydrogen (secondary N) is 1. The van der Waals surface area contributed by atoms with Crippen molar-refractivity contribution in [2.24, 2.45) is 0 Å². The van der Waals surface area contributed by atoms with Crippen molar-refractivity contribution >= 4 is 11.6 Å². The van der Waals surface area contributed by atoms with Gasteiger partial charge in [-0.25, -0.2) is 9.97 Å². The van der Waals surface area contributed by atoms with E-state index in [9.17, 15) is 15.2 Å². The summed E-state index contributed by atoms with van der Waals surface area (Å²) in [6.45, 7) is 1.98. The fourth-order valence-corrected chi connectivity index (χ4v) is 2.27. The minimum Gasteiger partial charge on any atom is -0.392 e. The van der Waals surface area contributed by atoms with Gasteiger partial charge in [-0.05, 0) is 13.0 Å². The number of imidazole rings is 1. The molecule has 0 saturated heterocycles. The van der Waals surface area contributed by atoms with Gasteiger partial charge in [0.25, 0.3) is 5.69 Å². The van der Waals surface area contributed by atoms with Crippen LogP contribution in [0, 0.1) is 10.1 Å². The van der Waals surface area contributed by atoms with Crippen LogP contribution in [0.25, 0.3) is 17.2 Å². The number of nitro groups is 1. The van der Waals surface area contributed by atoms with Crippen molar-refractivity contribution < 1.29 is 10.0 Å². The molecule has 0 unspecified atom stereocenters. The summed E-state index contributed by atoms with van der Waals surface area (Å²) in [4.78, 5) is 23.3. The van der Waals surface area contributed by atoms with Gasteiger partial charge < -0.3 is 10.4 Å². The molecule has 9 nitrogen and oxygen atoms in total. The second-order valence-electron chi connectivity index (χ2n) is 5.40. The first kappa shape index (κ1) is 16.5. The summed E-state index contributed by atoms with van der Waals surface area (Å²) in [6.07, 6.45) is 4.37. The van der Waals surface area contributed by atoms with E-state index in [1.54, 1.807) is 48.3 Å². The van der Waals surface area contributed by atoms with Gasteiger partial charge in [0.2, 0.25) is 5.95 Å². The topological polar surface area (TPSA) is 119 Å². The predicted octanol–water partition coefficient (Wildman–Crippen LogP) is 2.03. The zero-order valence-corrected chi connectivity index (χ0v) is 13.4. The van der Waals surface area contributed by atoms with Crippen molar-refractivity contribution in [2.75, 3.05) is 11.9 Å². The first-order chi connectivity index (χ1) is 12.0. The largest absolute Gasteiger partial charge is 0.392 e. The van der Waals surface area contributed by atoms with E-state index in [1.807, 2.05) is 0 Å². The van der Waals surface area contributed by atoms with E-state index in [2.05, 4.69) is 20.3 Å². The van der Waals surface area contributed by atoms with E-state index in [-0.39, 0.29) is 5.69 Å². The molecule has 1 aromatic carbocycles. The van der Waals surface area contributed by atoms with E-state index < -0.39 is 11.0 Å². The third-order valence-corrected chi connectivity index (χ3v) is 3.40. The van der Waals surface area contributed by atoms with Crippen LogP contribution in [0.2, 0.25) is 0 Å². The molecule has 9 heteroatoms. The Balaban J connectivity index is 1.96. The number of aliphatic hydroxyl groups excluding tert-OH is 1. The first-order valence-electron chi connectivity index (χ1n) is 7.58. The normalized spacial score (nSPS) is 11.9. The number of benzene rings is 1. The molecular weight excluding hydrogens is 324 g/mol. The number of rotatable bonds is 6. The molecule has 2 heterocycles. The first-order valence-corrected chi connectivity index (χ1v) is 7.58. The van der Waals surface area contributed by atoms with Crippen LogP contribution in [0.5, 0.6) is 0 Å². The highest BCUT2D eigenvalue weighted by Gasteiger charge is 2.13. The maximum Gasteiger partial charge on any atom is 0.270 e. The molecule has 3 rings (SSSR count). The van der Waals surface area contributed by atoms with Gasteiger partial charge in [-0.2, -0.15) is 4.98 Å². The van der Waals surface area contributed by atoms with Crippen molar-refractivity contribution in [1.82, 2.24) is 19.5 Å². The zero-order valence-electron chi connectivity index (χ0n) is 13.4. The highest BCUT2D eigenvalue weighted by molar-refractivity contribution is 5.61. The van der Waals surface area contributed by atoms with E-state index in [0.29, 0.717) is 29.7 Å². The van der Waals surface area contributed by atoms with Gasteiger partial charge in [0.1, 0.15) is 11.6 Å². The number of non-ortho nitro benzene ring substituents is 1. The molecule has 0 aliphatic carbocycles. The summed E-state index contributed by atoms with van der Waals surface area (Å²) < 4.78 is 1.72. The maximum absolute atomic E-state index is 11.0. The Hall–Kier alpha value is -3.33. The second-order valence-corrected chi connectivity index (χ2v) is 5.40. The van der Waals surface area contributed by atoms with Crippen LogP contribution in [-0.2, 0) is 0 Å². The van der Waals surface area contributed by atoms with Crippen molar-refractivity contribution in [3.8, 4) is 17.2 Å². The molecule has 0 spiro atoms. The van der Waals surface area contributed by atoms with Gasteiger partial charge in [0.15, 0.2) is 0 Å². The lowest BCUT2D eigenvalue weighted by Crippen LogP contribution is -2.17. The van der Waals surface area contributed by atoms with Gasteiger partial charge in [-0.15, -0.1) is 0 Å². The summed E-state index contributed by atoms with van der Waals surface area (Å²) in [5.41, 5.74) is 0.602. The van der Waals surface area contributed by atoms with Crippen LogP contribution in [-0.4, -0.2) is 42.2 Å². The smallest absolute Gasteiger partial charge is 0.270 e. The molecule has 0 radical (unpaired) electrons. The summed E-state index contributed by atoms with van der Waals surface area (Å²) in [6, 6.07) is 7.96. The molecule has 25 heavy (non-hydrogen) atoms. The fraction of sp³-hybridized carbons (Fsp3) is 0.188. The van der Waals surface area contributed by atoms with E-state index in [0.717, 1.165) is 0 Å². The van der Waals surface area contributed by atoms with Crippen LogP contribution in [0.15, 0.2) is 48.9 Å². The Morgan fingerprint density at radius 2 is 2.16 bits per heavy atom. The minimum absolute atomic E-state index is 0.00553. The van der Waals surface area contributed by atoms with Gasteiger partial charge in [0, 0.05) is 42.8 Å². The summed E-state index contributed by atoms with van der Waals surface area (Å²) in [7, 11) is 0. The number of anilines is 1. The third-order valence-electron chi connectivity index (χ3n) is 3.40. The predicted molar refractivity (Wildman–Crippen MR) is 91.4 cm³/mol. The van der Waals surface area contributed by atoms with Crippen LogP contribution in [0.3, 0.4) is 0 Å². The molecule has 2 aromatic heterocycles. The highest BCUT2D eigenvalue weighted by Crippen LogP contribution is 2.24. The zero-order chi connectivity index (χ0) is 17.8. The van der Waals surface area contributed by atoms with Crippen LogP contribution < -0.4 is 5.32 Å². The summed E-state index contributed by atoms with van der Waals surface area (Å²) in [5, 5.41) is 23.3. The molecular formula is C16H16N6O3. The van der Waals surface area contributed by atoms with E-state index in [1.165, 1.54) is 12.1 Å². The molecule has 0 saturated carbocycles.